The van der Waals surface area contributed by atoms with E-state index in [1.165, 1.54) is 0 Å². The van der Waals surface area contributed by atoms with E-state index >= 15 is 0 Å². The third-order valence-corrected chi connectivity index (χ3v) is 2.61. The summed E-state index contributed by atoms with van der Waals surface area (Å²) in [5.41, 5.74) is 0. The molecule has 1 saturated heterocycles. The van der Waals surface area contributed by atoms with Crippen molar-refractivity contribution in [1.82, 2.24) is 15.0 Å². The number of hydrogen-bond donors (Lipinski definition) is 1. The molecule has 0 aromatic carbocycles. The molecule has 7 nitrogen and oxygen atoms in total. The van der Waals surface area contributed by atoms with E-state index in [0.29, 0.717) is 37.8 Å². The van der Waals surface area contributed by atoms with Gasteiger partial charge in [-0.15, -0.1) is 0 Å². The van der Waals surface area contributed by atoms with Crippen LogP contribution in [-0.2, 0) is 4.79 Å². The highest BCUT2D eigenvalue weighted by Gasteiger charge is 2.20. The Labute approximate surface area is 98.3 Å². The Morgan fingerprint density at radius 2 is 2.18 bits per heavy atom. The monoisotopic (exact) mass is 238 g/mol. The van der Waals surface area contributed by atoms with Gasteiger partial charge < -0.3 is 14.3 Å². The first-order valence-electron chi connectivity index (χ1n) is 5.37. The fourth-order valence-electron chi connectivity index (χ4n) is 1.64. The summed E-state index contributed by atoms with van der Waals surface area (Å²) >= 11 is 0. The Morgan fingerprint density at radius 3 is 2.71 bits per heavy atom. The summed E-state index contributed by atoms with van der Waals surface area (Å²) in [6.07, 6.45) is 0.802. The number of hydrogen-bond acceptors (Lipinski definition) is 4. The van der Waals surface area contributed by atoms with Gasteiger partial charge in [-0.05, 0) is 6.92 Å². The molecule has 0 spiro atoms. The number of amides is 3. The van der Waals surface area contributed by atoms with E-state index in [0.717, 1.165) is 6.41 Å². The van der Waals surface area contributed by atoms with E-state index < -0.39 is 0 Å². The van der Waals surface area contributed by atoms with Gasteiger partial charge in [0.15, 0.2) is 5.82 Å². The van der Waals surface area contributed by atoms with E-state index in [1.54, 1.807) is 22.8 Å². The van der Waals surface area contributed by atoms with Crippen molar-refractivity contribution in [2.24, 2.45) is 0 Å². The summed E-state index contributed by atoms with van der Waals surface area (Å²) < 4.78 is 4.85. The largest absolute Gasteiger partial charge is 0.360 e. The van der Waals surface area contributed by atoms with Crippen LogP contribution in [0.4, 0.5) is 10.6 Å². The fourth-order valence-corrected chi connectivity index (χ4v) is 1.64. The van der Waals surface area contributed by atoms with Gasteiger partial charge in [0.1, 0.15) is 5.76 Å². The Kier molecular flexibility index (Phi) is 3.27. The molecule has 0 aliphatic carbocycles. The first-order chi connectivity index (χ1) is 8.19. The van der Waals surface area contributed by atoms with E-state index in [2.05, 4.69) is 10.5 Å². The van der Waals surface area contributed by atoms with Crippen molar-refractivity contribution in [3.63, 3.8) is 0 Å². The summed E-state index contributed by atoms with van der Waals surface area (Å²) in [5, 5.41) is 6.32. The molecule has 1 aromatic heterocycles. The molecular formula is C10H14N4O3. The van der Waals surface area contributed by atoms with Crippen LogP contribution in [0.3, 0.4) is 0 Å². The van der Waals surface area contributed by atoms with Gasteiger partial charge in [-0.3, -0.25) is 10.1 Å². The number of piperazine rings is 1. The number of rotatable bonds is 2. The summed E-state index contributed by atoms with van der Waals surface area (Å²) in [6, 6.07) is 1.43. The van der Waals surface area contributed by atoms with Crippen molar-refractivity contribution in [2.45, 2.75) is 6.92 Å². The summed E-state index contributed by atoms with van der Waals surface area (Å²) in [5.74, 6) is 1.05. The topological polar surface area (TPSA) is 78.7 Å². The van der Waals surface area contributed by atoms with Gasteiger partial charge in [0, 0.05) is 32.2 Å². The average Bonchev–Trinajstić information content (AvgIpc) is 2.75. The number of carbonyl (C=O) groups excluding carboxylic acids is 2. The van der Waals surface area contributed by atoms with E-state index in [9.17, 15) is 9.59 Å². The van der Waals surface area contributed by atoms with Crippen LogP contribution in [-0.4, -0.2) is 53.6 Å². The highest BCUT2D eigenvalue weighted by atomic mass is 16.5. The Balaban J connectivity index is 1.87. The lowest BCUT2D eigenvalue weighted by Crippen LogP contribution is -2.49. The summed E-state index contributed by atoms with van der Waals surface area (Å²) in [7, 11) is 0. The molecule has 0 saturated carbocycles. The molecule has 0 bridgehead atoms. The van der Waals surface area contributed by atoms with Crippen molar-refractivity contribution in [3.05, 3.63) is 11.8 Å². The van der Waals surface area contributed by atoms with Crippen molar-refractivity contribution in [3.8, 4) is 0 Å². The summed E-state index contributed by atoms with van der Waals surface area (Å²) in [4.78, 5) is 25.6. The van der Waals surface area contributed by atoms with Crippen LogP contribution in [0.2, 0.25) is 0 Å². The van der Waals surface area contributed by atoms with Crippen LogP contribution in [0.1, 0.15) is 5.76 Å². The van der Waals surface area contributed by atoms with E-state index in [4.69, 9.17) is 4.52 Å². The SMILES string of the molecule is Cc1cc(NC(=O)N2CCN(C=O)CC2)no1. The van der Waals surface area contributed by atoms with Gasteiger partial charge in [0.2, 0.25) is 6.41 Å². The van der Waals surface area contributed by atoms with Gasteiger partial charge >= 0.3 is 6.03 Å². The molecule has 1 aliphatic heterocycles. The van der Waals surface area contributed by atoms with Crippen molar-refractivity contribution in [1.29, 1.82) is 0 Å². The maximum absolute atomic E-state index is 11.8. The molecule has 7 heteroatoms. The second-order valence-electron chi connectivity index (χ2n) is 3.88. The van der Waals surface area contributed by atoms with Gasteiger partial charge in [-0.2, -0.15) is 0 Å². The number of nitrogens with one attached hydrogen (secondary N) is 1. The zero-order valence-corrected chi connectivity index (χ0v) is 9.55. The minimum Gasteiger partial charge on any atom is -0.360 e. The van der Waals surface area contributed by atoms with Gasteiger partial charge in [-0.1, -0.05) is 5.16 Å². The molecule has 0 atom stereocenters. The fraction of sp³-hybridized carbons (Fsp3) is 0.500. The number of anilines is 1. The third-order valence-electron chi connectivity index (χ3n) is 2.61. The normalized spacial score (nSPS) is 15.8. The number of aromatic nitrogens is 1. The molecule has 2 heterocycles. The number of aryl methyl sites for hydroxylation is 1. The maximum atomic E-state index is 11.8. The lowest BCUT2D eigenvalue weighted by atomic mass is 10.3. The van der Waals surface area contributed by atoms with Crippen LogP contribution in [0, 0.1) is 6.92 Å². The first kappa shape index (κ1) is 11.4. The Hall–Kier alpha value is -2.05. The van der Waals surface area contributed by atoms with Crippen LogP contribution in [0.5, 0.6) is 0 Å². The second kappa shape index (κ2) is 4.86. The zero-order chi connectivity index (χ0) is 12.3. The van der Waals surface area contributed by atoms with Gasteiger partial charge in [0.25, 0.3) is 0 Å². The third kappa shape index (κ3) is 2.74. The molecule has 2 rings (SSSR count). The standard InChI is InChI=1S/C10H14N4O3/c1-8-6-9(12-17-8)11-10(16)14-4-2-13(7-15)3-5-14/h6-7H,2-5H2,1H3,(H,11,12,16). The molecule has 92 valence electrons. The van der Waals surface area contributed by atoms with Gasteiger partial charge in [0.05, 0.1) is 0 Å². The van der Waals surface area contributed by atoms with Gasteiger partial charge in [-0.25, -0.2) is 4.79 Å². The smallest absolute Gasteiger partial charge is 0.323 e. The summed E-state index contributed by atoms with van der Waals surface area (Å²) in [6.45, 7) is 3.94. The quantitative estimate of drug-likeness (QED) is 0.751. The molecule has 17 heavy (non-hydrogen) atoms. The van der Waals surface area contributed by atoms with Crippen molar-refractivity contribution in [2.75, 3.05) is 31.5 Å². The van der Waals surface area contributed by atoms with Crippen LogP contribution in [0.15, 0.2) is 10.6 Å². The molecule has 0 unspecified atom stereocenters. The van der Waals surface area contributed by atoms with Crippen LogP contribution < -0.4 is 5.32 Å². The number of urea groups is 1. The first-order valence-corrected chi connectivity index (χ1v) is 5.37. The van der Waals surface area contributed by atoms with Crippen molar-refractivity contribution >= 4 is 18.3 Å². The Bertz CT molecular complexity index is 409. The van der Waals surface area contributed by atoms with E-state index in [1.807, 2.05) is 0 Å². The highest BCUT2D eigenvalue weighted by molar-refractivity contribution is 5.88. The lowest BCUT2D eigenvalue weighted by Gasteiger charge is -2.32. The molecule has 1 aromatic rings. The lowest BCUT2D eigenvalue weighted by molar-refractivity contribution is -0.119. The highest BCUT2D eigenvalue weighted by Crippen LogP contribution is 2.09. The molecule has 3 amide bonds. The van der Waals surface area contributed by atoms with Crippen LogP contribution in [0.25, 0.3) is 0 Å². The molecule has 1 aliphatic rings. The Morgan fingerprint density at radius 1 is 1.47 bits per heavy atom. The molecule has 0 radical (unpaired) electrons. The minimum atomic E-state index is -0.219. The molecule has 1 N–H and O–H groups in total. The number of carbonyl (C=O) groups is 2. The number of nitrogens with zero attached hydrogens (tertiary/aromatic N) is 3. The predicted octanol–water partition coefficient (Wildman–Crippen LogP) is 0.289. The average molecular weight is 238 g/mol. The molecular weight excluding hydrogens is 224 g/mol. The zero-order valence-electron chi connectivity index (χ0n) is 9.55. The van der Waals surface area contributed by atoms with Crippen molar-refractivity contribution < 1.29 is 14.1 Å². The maximum Gasteiger partial charge on any atom is 0.323 e. The van der Waals surface area contributed by atoms with E-state index in [-0.39, 0.29) is 6.03 Å². The predicted molar refractivity (Wildman–Crippen MR) is 59.5 cm³/mol. The minimum absolute atomic E-state index is 0.219. The van der Waals surface area contributed by atoms with Crippen LogP contribution >= 0.6 is 0 Å². The second-order valence-corrected chi connectivity index (χ2v) is 3.88. The molecule has 1 fully saturated rings.